The van der Waals surface area contributed by atoms with Crippen molar-refractivity contribution in [3.8, 4) is 23.4 Å². The molecule has 0 aliphatic heterocycles. The number of carbonyl (C=O) groups excluding carboxylic acids is 1. The van der Waals surface area contributed by atoms with Crippen molar-refractivity contribution in [2.24, 2.45) is 0 Å². The molecule has 4 rings (SSSR count). The van der Waals surface area contributed by atoms with Gasteiger partial charge in [-0.05, 0) is 38.1 Å². The zero-order valence-corrected chi connectivity index (χ0v) is 29.9. The molecule has 26 heteroatoms. The summed E-state index contributed by atoms with van der Waals surface area (Å²) in [5.41, 5.74) is -9.61. The van der Waals surface area contributed by atoms with Crippen LogP contribution in [0.25, 0.3) is 11.4 Å². The van der Waals surface area contributed by atoms with Gasteiger partial charge in [0, 0.05) is 12.1 Å². The number of methoxy groups -OCH3 is 2. The van der Waals surface area contributed by atoms with Crippen molar-refractivity contribution in [2.45, 2.75) is 44.1 Å². The Morgan fingerprint density at radius 1 is 0.667 bits per heavy atom. The summed E-state index contributed by atoms with van der Waals surface area (Å²) in [7, 11) is 1.59. The SMILES string of the molecule is COc1nc(C(F)(F)C(F)(F)F)cc(=O)n1-c1cc(C(=O)O)c(Cl)cc1F.COc1nc(C(F)(F)C(F)(F)F)cc(=O)n1-c1cc(C(=O)OC(C)C)c(Cl)cc1F. The molecule has 0 saturated carbocycles. The van der Waals surface area contributed by atoms with Crippen LogP contribution in [0.4, 0.5) is 52.7 Å². The van der Waals surface area contributed by atoms with Gasteiger partial charge in [0.1, 0.15) is 23.0 Å². The van der Waals surface area contributed by atoms with Gasteiger partial charge in [-0.15, -0.1) is 0 Å². The van der Waals surface area contributed by atoms with E-state index in [1.54, 1.807) is 0 Å². The number of nitrogens with zero attached hydrogens (tertiary/aromatic N) is 4. The lowest BCUT2D eigenvalue weighted by atomic mass is 10.1. The van der Waals surface area contributed by atoms with Crippen LogP contribution in [0.15, 0.2) is 46.0 Å². The molecule has 0 bridgehead atoms. The summed E-state index contributed by atoms with van der Waals surface area (Å²) in [5.74, 6) is -16.0. The molecule has 0 spiro atoms. The highest BCUT2D eigenvalue weighted by molar-refractivity contribution is 6.34. The van der Waals surface area contributed by atoms with Gasteiger partial charge in [-0.25, -0.2) is 27.5 Å². The molecule has 12 nitrogen and oxygen atoms in total. The molecule has 0 atom stereocenters. The van der Waals surface area contributed by atoms with E-state index in [-0.39, 0.29) is 31.9 Å². The number of aromatic nitrogens is 4. The van der Waals surface area contributed by atoms with E-state index in [9.17, 15) is 71.9 Å². The molecule has 1 N–H and O–H groups in total. The first-order chi connectivity index (χ1) is 26.0. The van der Waals surface area contributed by atoms with Gasteiger partial charge in [0.2, 0.25) is 0 Å². The van der Waals surface area contributed by atoms with Crippen molar-refractivity contribution in [1.82, 2.24) is 19.1 Å². The molecule has 2 heterocycles. The minimum atomic E-state index is -6.05. The number of carbonyl (C=O) groups is 2. The van der Waals surface area contributed by atoms with Crippen LogP contribution in [-0.2, 0) is 16.6 Å². The fourth-order valence-corrected chi connectivity index (χ4v) is 4.73. The van der Waals surface area contributed by atoms with Gasteiger partial charge in [-0.2, -0.15) is 53.9 Å². The number of carboxylic acids is 1. The second-order valence-electron chi connectivity index (χ2n) is 11.1. The van der Waals surface area contributed by atoms with E-state index < -0.39 is 110 Å². The topological polar surface area (TPSA) is 152 Å². The molecule has 57 heavy (non-hydrogen) atoms. The minimum Gasteiger partial charge on any atom is -0.478 e. The normalized spacial score (nSPS) is 12.2. The molecule has 310 valence electrons. The summed E-state index contributed by atoms with van der Waals surface area (Å²) in [6, 6.07) is 0.0102. The Morgan fingerprint density at radius 3 is 1.33 bits per heavy atom. The number of ether oxygens (including phenoxy) is 3. The van der Waals surface area contributed by atoms with Gasteiger partial charge in [0.05, 0.1) is 52.9 Å². The fraction of sp³-hybridized carbons (Fsp3) is 0.290. The van der Waals surface area contributed by atoms with Gasteiger partial charge < -0.3 is 19.3 Å². The van der Waals surface area contributed by atoms with E-state index in [0.29, 0.717) is 18.2 Å². The number of alkyl halides is 10. The monoisotopic (exact) mass is 874 g/mol. The number of halogens is 14. The van der Waals surface area contributed by atoms with Crippen LogP contribution in [0.2, 0.25) is 10.0 Å². The van der Waals surface area contributed by atoms with Gasteiger partial charge in [0.25, 0.3) is 11.1 Å². The minimum absolute atomic E-state index is 0.115. The lowest BCUT2D eigenvalue weighted by molar-refractivity contribution is -0.291. The van der Waals surface area contributed by atoms with Crippen molar-refractivity contribution < 1.29 is 81.6 Å². The van der Waals surface area contributed by atoms with Crippen LogP contribution >= 0.6 is 23.2 Å². The Balaban J connectivity index is 0.000000307. The van der Waals surface area contributed by atoms with Crippen molar-refractivity contribution in [2.75, 3.05) is 14.2 Å². The number of hydrogen-bond acceptors (Lipinski definition) is 9. The lowest BCUT2D eigenvalue weighted by Gasteiger charge is -2.20. The number of hydrogen-bond donors (Lipinski definition) is 1. The predicted molar refractivity (Wildman–Crippen MR) is 170 cm³/mol. The Bertz CT molecular complexity index is 2330. The van der Waals surface area contributed by atoms with E-state index in [1.807, 2.05) is 0 Å². The first-order valence-electron chi connectivity index (χ1n) is 14.7. The summed E-state index contributed by atoms with van der Waals surface area (Å²) in [5, 5.41) is 8.07. The lowest BCUT2D eigenvalue weighted by Crippen LogP contribution is -2.37. The van der Waals surface area contributed by atoms with Crippen molar-refractivity contribution in [3.63, 3.8) is 0 Å². The summed E-state index contributed by atoms with van der Waals surface area (Å²) in [4.78, 5) is 53.6. The summed E-state index contributed by atoms with van der Waals surface area (Å²) < 4.78 is 172. The third-order valence-corrected chi connectivity index (χ3v) is 7.47. The molecule has 0 fully saturated rings. The number of rotatable bonds is 9. The van der Waals surface area contributed by atoms with E-state index in [1.165, 1.54) is 13.8 Å². The molecule has 2 aromatic carbocycles. The highest BCUT2D eigenvalue weighted by Crippen LogP contribution is 2.44. The average molecular weight is 875 g/mol. The van der Waals surface area contributed by atoms with E-state index >= 15 is 0 Å². The van der Waals surface area contributed by atoms with Crippen LogP contribution in [-0.4, -0.2) is 68.8 Å². The first kappa shape index (κ1) is 45.9. The maximum atomic E-state index is 14.5. The van der Waals surface area contributed by atoms with E-state index in [2.05, 4.69) is 19.4 Å². The molecular weight excluding hydrogens is 855 g/mol. The quantitative estimate of drug-likeness (QED) is 0.131. The zero-order valence-electron chi connectivity index (χ0n) is 28.4. The van der Waals surface area contributed by atoms with Crippen molar-refractivity contribution in [1.29, 1.82) is 0 Å². The second kappa shape index (κ2) is 16.5. The zero-order chi connectivity index (χ0) is 43.7. The van der Waals surface area contributed by atoms with Gasteiger partial charge in [-0.1, -0.05) is 23.2 Å². The number of esters is 1. The largest absolute Gasteiger partial charge is 0.478 e. The molecule has 0 aliphatic rings. The summed E-state index contributed by atoms with van der Waals surface area (Å²) in [6.45, 7) is 3.04. The third-order valence-electron chi connectivity index (χ3n) is 6.84. The Kier molecular flexibility index (Phi) is 13.3. The van der Waals surface area contributed by atoms with Gasteiger partial charge in [0.15, 0.2) is 0 Å². The van der Waals surface area contributed by atoms with Gasteiger partial charge >= 0.3 is 48.2 Å². The summed E-state index contributed by atoms with van der Waals surface area (Å²) in [6.07, 6.45) is -12.7. The fourth-order valence-electron chi connectivity index (χ4n) is 4.27. The highest BCUT2D eigenvalue weighted by Gasteiger charge is 2.61. The molecule has 0 amide bonds. The van der Waals surface area contributed by atoms with E-state index in [4.69, 9.17) is 33.0 Å². The van der Waals surface area contributed by atoms with Crippen LogP contribution in [0.5, 0.6) is 12.0 Å². The molecular formula is C31H20Cl2F12N4O8. The van der Waals surface area contributed by atoms with Crippen LogP contribution < -0.4 is 20.6 Å². The van der Waals surface area contributed by atoms with Crippen LogP contribution in [0.1, 0.15) is 46.0 Å². The highest BCUT2D eigenvalue weighted by atomic mass is 35.5. The average Bonchev–Trinajstić information content (AvgIpc) is 3.07. The van der Waals surface area contributed by atoms with Crippen molar-refractivity contribution >= 4 is 35.1 Å². The number of aromatic carboxylic acids is 1. The molecule has 2 aromatic heterocycles. The van der Waals surface area contributed by atoms with Crippen LogP contribution in [0.3, 0.4) is 0 Å². The summed E-state index contributed by atoms with van der Waals surface area (Å²) >= 11 is 11.4. The molecule has 4 aromatic rings. The number of benzene rings is 2. The van der Waals surface area contributed by atoms with E-state index in [0.717, 1.165) is 20.3 Å². The molecule has 0 unspecified atom stereocenters. The number of carboxylic acid groups (broad SMARTS) is 1. The second-order valence-corrected chi connectivity index (χ2v) is 11.9. The smallest absolute Gasteiger partial charge is 0.459 e. The van der Waals surface area contributed by atoms with Gasteiger partial charge in [-0.3, -0.25) is 9.59 Å². The molecule has 0 radical (unpaired) electrons. The van der Waals surface area contributed by atoms with Crippen LogP contribution in [0, 0.1) is 11.6 Å². The maximum Gasteiger partial charge on any atom is 0.459 e. The predicted octanol–water partition coefficient (Wildman–Crippen LogP) is 7.64. The molecule has 0 aliphatic carbocycles. The maximum absolute atomic E-state index is 14.5. The first-order valence-corrected chi connectivity index (χ1v) is 15.5. The molecule has 0 saturated heterocycles. The van der Waals surface area contributed by atoms with Crippen molar-refractivity contribution in [3.05, 3.63) is 101 Å². The standard InChI is InChI=1S/C17H13ClF6N2O4.C14H7ClF6N2O4/c1-7(2)30-14(28)8-4-11(10(19)5-9(8)18)26-13(27)6-12(25-15(26)29-3)16(20,21)17(22,23)24;1-27-12-22-9(13(17,18)14(19,20)21)4-10(24)23(12)8-2-5(11(25)26)6(15)3-7(8)16/h4-7H,1-3H3;2-4H,1H3,(H,25,26). The Labute approximate surface area is 318 Å². The Hall–Kier alpha value is -5.52. The Morgan fingerprint density at radius 2 is 1.02 bits per heavy atom. The third kappa shape index (κ3) is 9.38.